The van der Waals surface area contributed by atoms with Crippen molar-refractivity contribution in [2.45, 2.75) is 0 Å². The van der Waals surface area contributed by atoms with E-state index in [9.17, 15) is 9.59 Å². The van der Waals surface area contributed by atoms with Gasteiger partial charge in [0.15, 0.2) is 0 Å². The van der Waals surface area contributed by atoms with Crippen molar-refractivity contribution in [2.75, 3.05) is 32.6 Å². The third-order valence-corrected chi connectivity index (χ3v) is 2.28. The first-order valence-electron chi connectivity index (χ1n) is 5.62. The van der Waals surface area contributed by atoms with Gasteiger partial charge in [-0.25, -0.2) is 0 Å². The topological polar surface area (TPSA) is 117 Å². The fourth-order valence-corrected chi connectivity index (χ4v) is 1.36. The van der Waals surface area contributed by atoms with E-state index < -0.39 is 5.91 Å². The van der Waals surface area contributed by atoms with Gasteiger partial charge in [-0.2, -0.15) is 0 Å². The number of benzene rings is 1. The summed E-state index contributed by atoms with van der Waals surface area (Å²) in [5.74, 6) is -0.341. The van der Waals surface area contributed by atoms with E-state index in [1.165, 1.54) is 7.11 Å². The summed E-state index contributed by atoms with van der Waals surface area (Å²) in [4.78, 5) is 22.2. The highest BCUT2D eigenvalue weighted by Gasteiger charge is 2.10. The Bertz CT molecular complexity index is 462. The summed E-state index contributed by atoms with van der Waals surface area (Å²) in [6, 6.07) is 4.81. The van der Waals surface area contributed by atoms with Crippen molar-refractivity contribution in [3.05, 3.63) is 23.8 Å². The van der Waals surface area contributed by atoms with Crippen LogP contribution in [0.2, 0.25) is 0 Å². The van der Waals surface area contributed by atoms with E-state index in [-0.39, 0.29) is 25.7 Å². The number of nitrogen functional groups attached to an aromatic ring is 1. The lowest BCUT2D eigenvalue weighted by atomic mass is 10.1. The van der Waals surface area contributed by atoms with Crippen LogP contribution >= 0.6 is 0 Å². The number of amides is 2. The lowest BCUT2D eigenvalue weighted by Crippen LogP contribution is -2.29. The van der Waals surface area contributed by atoms with Gasteiger partial charge in [-0.05, 0) is 18.2 Å². The van der Waals surface area contributed by atoms with Crippen LogP contribution < -0.4 is 21.5 Å². The molecule has 0 aliphatic heterocycles. The molecule has 0 radical (unpaired) electrons. The highest BCUT2D eigenvalue weighted by Crippen LogP contribution is 2.19. The van der Waals surface area contributed by atoms with Crippen molar-refractivity contribution < 1.29 is 19.1 Å². The third-order valence-electron chi connectivity index (χ3n) is 2.28. The normalized spacial score (nSPS) is 9.95. The lowest BCUT2D eigenvalue weighted by Gasteiger charge is -2.09. The highest BCUT2D eigenvalue weighted by molar-refractivity contribution is 5.99. The summed E-state index contributed by atoms with van der Waals surface area (Å²) < 4.78 is 9.93. The number of methoxy groups -OCH3 is 1. The van der Waals surface area contributed by atoms with Gasteiger partial charge in [0.05, 0.1) is 19.3 Å². The van der Waals surface area contributed by atoms with Crippen molar-refractivity contribution in [2.24, 2.45) is 5.73 Å². The summed E-state index contributed by atoms with van der Waals surface area (Å²) in [6.45, 7) is 0.276. The number of rotatable bonds is 7. The first-order chi connectivity index (χ1) is 9.04. The molecule has 0 aliphatic rings. The van der Waals surface area contributed by atoms with Crippen LogP contribution in [0.25, 0.3) is 0 Å². The van der Waals surface area contributed by atoms with Gasteiger partial charge in [0.2, 0.25) is 5.91 Å². The van der Waals surface area contributed by atoms with Crippen molar-refractivity contribution in [1.82, 2.24) is 5.32 Å². The van der Waals surface area contributed by atoms with Crippen LogP contribution in [0.1, 0.15) is 10.4 Å². The largest absolute Gasteiger partial charge is 0.497 e. The molecule has 0 aliphatic carbocycles. The smallest absolute Gasteiger partial charge is 0.253 e. The quantitative estimate of drug-likeness (QED) is 0.455. The number of nitrogens with two attached hydrogens (primary N) is 2. The summed E-state index contributed by atoms with van der Waals surface area (Å²) in [5.41, 5.74) is 11.3. The van der Waals surface area contributed by atoms with Gasteiger partial charge in [-0.15, -0.1) is 0 Å². The molecule has 104 valence electrons. The monoisotopic (exact) mass is 267 g/mol. The number of anilines is 1. The molecule has 7 heteroatoms. The Morgan fingerprint density at radius 1 is 1.37 bits per heavy atom. The first kappa shape index (κ1) is 14.8. The number of hydrogen-bond donors (Lipinski definition) is 3. The second-order valence-electron chi connectivity index (χ2n) is 3.73. The molecule has 0 fully saturated rings. The molecule has 0 spiro atoms. The average Bonchev–Trinajstić information content (AvgIpc) is 2.38. The molecule has 0 saturated heterocycles. The van der Waals surface area contributed by atoms with Crippen molar-refractivity contribution in [1.29, 1.82) is 0 Å². The highest BCUT2D eigenvalue weighted by atomic mass is 16.5. The molecule has 2 amide bonds. The van der Waals surface area contributed by atoms with Gasteiger partial charge in [0, 0.05) is 12.2 Å². The first-order valence-corrected chi connectivity index (χ1v) is 5.62. The molecule has 0 unspecified atom stereocenters. The van der Waals surface area contributed by atoms with E-state index in [0.29, 0.717) is 17.0 Å². The minimum absolute atomic E-state index is 0.169. The zero-order chi connectivity index (χ0) is 14.3. The molecule has 1 aromatic carbocycles. The Labute approximate surface area is 110 Å². The van der Waals surface area contributed by atoms with Gasteiger partial charge in [-0.3, -0.25) is 9.59 Å². The third kappa shape index (κ3) is 4.84. The number of ether oxygens (including phenoxy) is 2. The van der Waals surface area contributed by atoms with Gasteiger partial charge < -0.3 is 26.3 Å². The maximum absolute atomic E-state index is 11.8. The fourth-order valence-electron chi connectivity index (χ4n) is 1.36. The minimum atomic E-state index is -0.552. The van der Waals surface area contributed by atoms with Crippen LogP contribution in [-0.2, 0) is 9.53 Å². The second-order valence-corrected chi connectivity index (χ2v) is 3.73. The maximum atomic E-state index is 11.8. The van der Waals surface area contributed by atoms with Crippen molar-refractivity contribution in [3.63, 3.8) is 0 Å². The molecule has 5 N–H and O–H groups in total. The average molecular weight is 267 g/mol. The molecule has 1 rings (SSSR count). The molecule has 0 bridgehead atoms. The van der Waals surface area contributed by atoms with Gasteiger partial charge in [0.25, 0.3) is 5.91 Å². The lowest BCUT2D eigenvalue weighted by molar-refractivity contribution is -0.122. The molecule has 0 atom stereocenters. The molecule has 7 nitrogen and oxygen atoms in total. The van der Waals surface area contributed by atoms with E-state index in [4.69, 9.17) is 20.9 Å². The molecule has 0 saturated carbocycles. The SMILES string of the molecule is COc1ccc(N)c(C(=O)NCCOCC(N)=O)c1. The van der Waals surface area contributed by atoms with Crippen molar-refractivity contribution in [3.8, 4) is 5.75 Å². The van der Waals surface area contributed by atoms with Crippen LogP contribution in [0.4, 0.5) is 5.69 Å². The maximum Gasteiger partial charge on any atom is 0.253 e. The van der Waals surface area contributed by atoms with E-state index >= 15 is 0 Å². The standard InChI is InChI=1S/C12H17N3O4/c1-18-8-2-3-10(13)9(6-8)12(17)15-4-5-19-7-11(14)16/h2-3,6H,4-5,7,13H2,1H3,(H2,14,16)(H,15,17). The molecule has 0 aromatic heterocycles. The number of nitrogens with one attached hydrogen (secondary N) is 1. The molecular formula is C12H17N3O4. The van der Waals surface area contributed by atoms with Crippen LogP contribution in [0, 0.1) is 0 Å². The summed E-state index contributed by atoms with van der Waals surface area (Å²) in [6.07, 6.45) is 0. The Balaban J connectivity index is 2.47. The zero-order valence-electron chi connectivity index (χ0n) is 10.6. The number of hydrogen-bond acceptors (Lipinski definition) is 5. The number of carbonyl (C=O) groups is 2. The van der Waals surface area contributed by atoms with Gasteiger partial charge in [0.1, 0.15) is 12.4 Å². The molecule has 1 aromatic rings. The van der Waals surface area contributed by atoms with E-state index in [1.54, 1.807) is 18.2 Å². The van der Waals surface area contributed by atoms with Crippen LogP contribution in [0.5, 0.6) is 5.75 Å². The second kappa shape index (κ2) is 7.22. The summed E-state index contributed by atoms with van der Waals surface area (Å²) in [5, 5.41) is 2.61. The van der Waals surface area contributed by atoms with Crippen LogP contribution in [0.3, 0.4) is 0 Å². The molecule has 0 heterocycles. The summed E-state index contributed by atoms with van der Waals surface area (Å²) >= 11 is 0. The minimum Gasteiger partial charge on any atom is -0.497 e. The zero-order valence-corrected chi connectivity index (χ0v) is 10.6. The van der Waals surface area contributed by atoms with E-state index in [2.05, 4.69) is 5.32 Å². The predicted molar refractivity (Wildman–Crippen MR) is 69.8 cm³/mol. The van der Waals surface area contributed by atoms with Crippen LogP contribution in [0.15, 0.2) is 18.2 Å². The molecule has 19 heavy (non-hydrogen) atoms. The predicted octanol–water partition coefficient (Wildman–Crippen LogP) is -0.491. The Morgan fingerprint density at radius 3 is 2.74 bits per heavy atom. The fraction of sp³-hybridized carbons (Fsp3) is 0.333. The summed E-state index contributed by atoms with van der Waals surface area (Å²) in [7, 11) is 1.50. The molecular weight excluding hydrogens is 250 g/mol. The van der Waals surface area contributed by atoms with Crippen molar-refractivity contribution >= 4 is 17.5 Å². The van der Waals surface area contributed by atoms with Gasteiger partial charge >= 0.3 is 0 Å². The number of primary amides is 1. The Morgan fingerprint density at radius 2 is 2.11 bits per heavy atom. The Hall–Kier alpha value is -2.28. The number of carbonyl (C=O) groups excluding carboxylic acids is 2. The Kier molecular flexibility index (Phi) is 5.62. The van der Waals surface area contributed by atoms with E-state index in [0.717, 1.165) is 0 Å². The van der Waals surface area contributed by atoms with E-state index in [1.807, 2.05) is 0 Å². The van der Waals surface area contributed by atoms with Gasteiger partial charge in [-0.1, -0.05) is 0 Å². The van der Waals surface area contributed by atoms with Crippen LogP contribution in [-0.4, -0.2) is 38.7 Å².